The Hall–Kier alpha value is -3.61. The Morgan fingerprint density at radius 2 is 1.76 bits per heavy atom. The van der Waals surface area contributed by atoms with Gasteiger partial charge in [-0.25, -0.2) is 0 Å². The molecule has 7 nitrogen and oxygen atoms in total. The number of carbonyl (C=O) groups excluding carboxylic acids is 3. The van der Waals surface area contributed by atoms with E-state index in [4.69, 9.17) is 9.47 Å². The summed E-state index contributed by atoms with van der Waals surface area (Å²) in [7, 11) is 1.48. The van der Waals surface area contributed by atoms with Crippen LogP contribution in [0.15, 0.2) is 48.5 Å². The molecule has 0 saturated carbocycles. The van der Waals surface area contributed by atoms with Gasteiger partial charge in [-0.15, -0.1) is 0 Å². The van der Waals surface area contributed by atoms with E-state index in [1.165, 1.54) is 7.11 Å². The third kappa shape index (κ3) is 4.63. The summed E-state index contributed by atoms with van der Waals surface area (Å²) in [6.45, 7) is 1.56. The second-order valence-corrected chi connectivity index (χ2v) is 6.46. The van der Waals surface area contributed by atoms with Crippen molar-refractivity contribution in [2.45, 2.75) is 13.3 Å². The number of carbonyl (C=O) groups is 3. The first-order valence-electron chi connectivity index (χ1n) is 9.18. The van der Waals surface area contributed by atoms with Gasteiger partial charge in [0.2, 0.25) is 5.78 Å². The van der Waals surface area contributed by atoms with E-state index in [1.807, 2.05) is 31.2 Å². The third-order valence-electron chi connectivity index (χ3n) is 4.50. The van der Waals surface area contributed by atoms with Crippen LogP contribution in [-0.2, 0) is 9.53 Å². The van der Waals surface area contributed by atoms with E-state index in [2.05, 4.69) is 10.3 Å². The molecular formula is C22H22N2O5. The van der Waals surface area contributed by atoms with Crippen molar-refractivity contribution in [2.24, 2.45) is 0 Å². The van der Waals surface area contributed by atoms with Crippen molar-refractivity contribution in [1.82, 2.24) is 10.3 Å². The molecule has 0 aliphatic heterocycles. The van der Waals surface area contributed by atoms with Gasteiger partial charge in [0, 0.05) is 28.7 Å². The first kappa shape index (κ1) is 20.1. The molecule has 0 radical (unpaired) electrons. The molecule has 0 spiro atoms. The Morgan fingerprint density at radius 1 is 1.03 bits per heavy atom. The summed E-state index contributed by atoms with van der Waals surface area (Å²) in [4.78, 5) is 39.8. The number of benzene rings is 2. The zero-order valence-corrected chi connectivity index (χ0v) is 16.3. The van der Waals surface area contributed by atoms with Gasteiger partial charge in [-0.1, -0.05) is 30.3 Å². The topological polar surface area (TPSA) is 97.5 Å². The van der Waals surface area contributed by atoms with E-state index < -0.39 is 5.97 Å². The van der Waals surface area contributed by atoms with Crippen LogP contribution in [0.1, 0.15) is 32.8 Å². The highest BCUT2D eigenvalue weighted by Gasteiger charge is 2.18. The number of para-hydroxylation sites is 2. The van der Waals surface area contributed by atoms with E-state index in [1.54, 1.807) is 24.3 Å². The SMILES string of the molecule is COc1ccccc1C(=O)NCCC(=O)OCC(=O)c1c(C)[nH]c2ccccc12. The van der Waals surface area contributed by atoms with Crippen LogP contribution in [-0.4, -0.2) is 42.9 Å². The van der Waals surface area contributed by atoms with E-state index in [0.717, 1.165) is 16.6 Å². The van der Waals surface area contributed by atoms with Crippen molar-refractivity contribution in [2.75, 3.05) is 20.3 Å². The fourth-order valence-electron chi connectivity index (χ4n) is 3.13. The quantitative estimate of drug-likeness (QED) is 0.452. The van der Waals surface area contributed by atoms with Gasteiger partial charge in [0.1, 0.15) is 5.75 Å². The maximum Gasteiger partial charge on any atom is 0.308 e. The lowest BCUT2D eigenvalue weighted by Gasteiger charge is -2.09. The number of ether oxygens (including phenoxy) is 2. The number of hydrogen-bond donors (Lipinski definition) is 2. The number of amides is 1. The molecule has 3 aromatic rings. The molecule has 3 rings (SSSR count). The number of aromatic amines is 1. The molecule has 1 aromatic heterocycles. The summed E-state index contributed by atoms with van der Waals surface area (Å²) in [5.74, 6) is -0.726. The monoisotopic (exact) mass is 394 g/mol. The molecule has 29 heavy (non-hydrogen) atoms. The van der Waals surface area contributed by atoms with Crippen LogP contribution in [0.5, 0.6) is 5.75 Å². The number of H-pyrrole nitrogens is 1. The maximum absolute atomic E-state index is 12.5. The third-order valence-corrected chi connectivity index (χ3v) is 4.50. The van der Waals surface area contributed by atoms with Crippen molar-refractivity contribution < 1.29 is 23.9 Å². The average molecular weight is 394 g/mol. The van der Waals surface area contributed by atoms with Crippen molar-refractivity contribution in [1.29, 1.82) is 0 Å². The highest BCUT2D eigenvalue weighted by Crippen LogP contribution is 2.22. The summed E-state index contributed by atoms with van der Waals surface area (Å²) in [5, 5.41) is 3.44. The predicted molar refractivity (Wildman–Crippen MR) is 108 cm³/mol. The zero-order chi connectivity index (χ0) is 20.8. The van der Waals surface area contributed by atoms with Crippen LogP contribution in [0.3, 0.4) is 0 Å². The summed E-state index contributed by atoms with van der Waals surface area (Å²) in [6, 6.07) is 14.3. The second kappa shape index (κ2) is 9.05. The number of rotatable bonds is 8. The lowest BCUT2D eigenvalue weighted by Crippen LogP contribution is -2.27. The van der Waals surface area contributed by atoms with Gasteiger partial charge < -0.3 is 19.8 Å². The largest absolute Gasteiger partial charge is 0.496 e. The number of Topliss-reactive ketones (excluding diaryl/α,β-unsaturated/α-hetero) is 1. The highest BCUT2D eigenvalue weighted by molar-refractivity contribution is 6.10. The van der Waals surface area contributed by atoms with Gasteiger partial charge >= 0.3 is 5.97 Å². The number of fused-ring (bicyclic) bond motifs is 1. The van der Waals surface area contributed by atoms with E-state index >= 15 is 0 Å². The van der Waals surface area contributed by atoms with Crippen LogP contribution in [0.25, 0.3) is 10.9 Å². The number of hydrogen-bond acceptors (Lipinski definition) is 5. The molecule has 0 aliphatic rings. The molecule has 2 N–H and O–H groups in total. The van der Waals surface area contributed by atoms with Crippen molar-refractivity contribution >= 4 is 28.6 Å². The van der Waals surface area contributed by atoms with Gasteiger partial charge in [0.25, 0.3) is 5.91 Å². The number of nitrogens with one attached hydrogen (secondary N) is 2. The first-order valence-corrected chi connectivity index (χ1v) is 9.18. The lowest BCUT2D eigenvalue weighted by atomic mass is 10.1. The highest BCUT2D eigenvalue weighted by atomic mass is 16.5. The van der Waals surface area contributed by atoms with Gasteiger partial charge in [-0.05, 0) is 25.1 Å². The molecule has 0 saturated heterocycles. The van der Waals surface area contributed by atoms with Crippen LogP contribution in [0.2, 0.25) is 0 Å². The average Bonchev–Trinajstić information content (AvgIpc) is 3.07. The summed E-state index contributed by atoms with van der Waals surface area (Å²) >= 11 is 0. The van der Waals surface area contributed by atoms with Gasteiger partial charge in [-0.3, -0.25) is 14.4 Å². The molecule has 150 valence electrons. The van der Waals surface area contributed by atoms with E-state index in [9.17, 15) is 14.4 Å². The number of aromatic nitrogens is 1. The van der Waals surface area contributed by atoms with Crippen molar-refractivity contribution in [3.63, 3.8) is 0 Å². The van der Waals surface area contributed by atoms with Gasteiger partial charge in [0.15, 0.2) is 6.61 Å². The van der Waals surface area contributed by atoms with Crippen LogP contribution in [0.4, 0.5) is 0 Å². The maximum atomic E-state index is 12.5. The van der Waals surface area contributed by atoms with Crippen LogP contribution in [0, 0.1) is 6.92 Å². The van der Waals surface area contributed by atoms with E-state index in [-0.39, 0.29) is 31.3 Å². The van der Waals surface area contributed by atoms with E-state index in [0.29, 0.717) is 16.9 Å². The number of ketones is 1. The molecular weight excluding hydrogens is 372 g/mol. The Morgan fingerprint density at radius 3 is 2.55 bits per heavy atom. The standard InChI is InChI=1S/C22H22N2O5/c1-14-21(15-7-3-5-9-17(15)24-14)18(25)13-29-20(26)11-12-23-22(27)16-8-4-6-10-19(16)28-2/h3-10,24H,11-13H2,1-2H3,(H,23,27). The van der Waals surface area contributed by atoms with Crippen LogP contribution < -0.4 is 10.1 Å². The minimum atomic E-state index is -0.559. The summed E-state index contributed by atoms with van der Waals surface area (Å²) < 4.78 is 10.2. The molecule has 1 heterocycles. The molecule has 7 heteroatoms. The predicted octanol–water partition coefficient (Wildman–Crippen LogP) is 3.03. The summed E-state index contributed by atoms with van der Waals surface area (Å²) in [6.07, 6.45) is -0.0406. The number of methoxy groups -OCH3 is 1. The first-order chi connectivity index (χ1) is 14.0. The molecule has 0 atom stereocenters. The van der Waals surface area contributed by atoms with Gasteiger partial charge in [-0.2, -0.15) is 0 Å². The second-order valence-electron chi connectivity index (χ2n) is 6.46. The van der Waals surface area contributed by atoms with Crippen molar-refractivity contribution in [3.05, 3.63) is 65.4 Å². The zero-order valence-electron chi connectivity index (χ0n) is 16.3. The lowest BCUT2D eigenvalue weighted by molar-refractivity contribution is -0.142. The minimum Gasteiger partial charge on any atom is -0.496 e. The fraction of sp³-hybridized carbons (Fsp3) is 0.227. The Balaban J connectivity index is 1.49. The minimum absolute atomic E-state index is 0.0406. The Bertz CT molecular complexity index is 1050. The molecule has 0 unspecified atom stereocenters. The smallest absolute Gasteiger partial charge is 0.308 e. The normalized spacial score (nSPS) is 10.6. The van der Waals surface area contributed by atoms with Crippen molar-refractivity contribution in [3.8, 4) is 5.75 Å². The summed E-state index contributed by atoms with van der Waals surface area (Å²) in [5.41, 5.74) is 2.50. The molecule has 1 amide bonds. The molecule has 2 aromatic carbocycles. The number of aryl methyl sites for hydroxylation is 1. The molecule has 0 bridgehead atoms. The molecule has 0 aliphatic carbocycles. The Kier molecular flexibility index (Phi) is 6.29. The van der Waals surface area contributed by atoms with Gasteiger partial charge in [0.05, 0.1) is 19.1 Å². The Labute approximate surface area is 168 Å². The number of esters is 1. The molecule has 0 fully saturated rings. The fourth-order valence-corrected chi connectivity index (χ4v) is 3.13. The van der Waals surface area contributed by atoms with Crippen LogP contribution >= 0.6 is 0 Å².